The molecule has 0 bridgehead atoms. The van der Waals surface area contributed by atoms with Gasteiger partial charge < -0.3 is 0 Å². The highest BCUT2D eigenvalue weighted by molar-refractivity contribution is 7.99. The fraction of sp³-hybridized carbons (Fsp3) is 1.00. The molecule has 2 rings (SSSR count). The van der Waals surface area contributed by atoms with Crippen molar-refractivity contribution in [2.75, 3.05) is 23.0 Å². The van der Waals surface area contributed by atoms with Gasteiger partial charge in [0, 0.05) is 0 Å². The fourth-order valence-corrected chi connectivity index (χ4v) is 4.99. The molecule has 2 aliphatic rings. The van der Waals surface area contributed by atoms with E-state index in [1.807, 2.05) is 0 Å². The molecule has 0 amide bonds. The highest BCUT2D eigenvalue weighted by atomic mass is 32.2. The first-order valence-corrected chi connectivity index (χ1v) is 10.2. The average molecular weight is 287 g/mol. The highest BCUT2D eigenvalue weighted by Crippen LogP contribution is 2.38. The maximum atomic E-state index is 2.44. The van der Waals surface area contributed by atoms with Crippen molar-refractivity contribution in [3.05, 3.63) is 0 Å². The summed E-state index contributed by atoms with van der Waals surface area (Å²) >= 11 is 4.40. The minimum atomic E-state index is 0.990. The monoisotopic (exact) mass is 286 g/mol. The fourth-order valence-electron chi connectivity index (χ4n) is 2.55. The summed E-state index contributed by atoms with van der Waals surface area (Å²) in [7, 11) is 0. The van der Waals surface area contributed by atoms with Gasteiger partial charge in [-0.3, -0.25) is 0 Å². The summed E-state index contributed by atoms with van der Waals surface area (Å²) < 4.78 is 0. The lowest BCUT2D eigenvalue weighted by Gasteiger charge is -2.10. The molecule has 0 aromatic heterocycles. The summed E-state index contributed by atoms with van der Waals surface area (Å²) in [6, 6.07) is 0. The van der Waals surface area contributed by atoms with Crippen LogP contribution in [0.15, 0.2) is 0 Å². The van der Waals surface area contributed by atoms with Crippen LogP contribution in [0.4, 0.5) is 0 Å². The predicted molar refractivity (Wildman–Crippen MR) is 87.7 cm³/mol. The summed E-state index contributed by atoms with van der Waals surface area (Å²) in [4.78, 5) is 0. The zero-order chi connectivity index (χ0) is 12.8. The molecule has 0 aliphatic heterocycles. The Morgan fingerprint density at radius 3 is 1.50 bits per heavy atom. The quantitative estimate of drug-likeness (QED) is 0.471. The van der Waals surface area contributed by atoms with Crippen molar-refractivity contribution in [3.63, 3.8) is 0 Å². The van der Waals surface area contributed by atoms with Crippen molar-refractivity contribution < 1.29 is 0 Å². The van der Waals surface area contributed by atoms with Gasteiger partial charge in [-0.1, -0.05) is 13.8 Å². The lowest BCUT2D eigenvalue weighted by Crippen LogP contribution is -2.02. The van der Waals surface area contributed by atoms with E-state index in [0.717, 1.165) is 23.7 Å². The molecule has 0 radical (unpaired) electrons. The van der Waals surface area contributed by atoms with Crippen molar-refractivity contribution >= 4 is 23.5 Å². The van der Waals surface area contributed by atoms with Gasteiger partial charge in [0.15, 0.2) is 0 Å². The van der Waals surface area contributed by atoms with E-state index >= 15 is 0 Å². The number of thioether (sulfide) groups is 2. The molecule has 2 saturated carbocycles. The van der Waals surface area contributed by atoms with E-state index < -0.39 is 0 Å². The molecule has 2 fully saturated rings. The molecule has 18 heavy (non-hydrogen) atoms. The van der Waals surface area contributed by atoms with Crippen molar-refractivity contribution in [1.82, 2.24) is 0 Å². The van der Waals surface area contributed by atoms with E-state index in [4.69, 9.17) is 0 Å². The summed E-state index contributed by atoms with van der Waals surface area (Å²) in [5, 5.41) is 0. The maximum absolute atomic E-state index is 2.44. The molecule has 0 nitrogen and oxygen atoms in total. The van der Waals surface area contributed by atoms with E-state index in [1.54, 1.807) is 0 Å². The van der Waals surface area contributed by atoms with Crippen LogP contribution in [0.5, 0.6) is 0 Å². The largest absolute Gasteiger partial charge is 0.162 e. The van der Waals surface area contributed by atoms with Gasteiger partial charge in [-0.2, -0.15) is 23.5 Å². The van der Waals surface area contributed by atoms with Gasteiger partial charge in [0.05, 0.1) is 0 Å². The molecule has 2 heteroatoms. The Hall–Kier alpha value is 0.700. The zero-order valence-corrected chi connectivity index (χ0v) is 13.8. The van der Waals surface area contributed by atoms with Crippen LogP contribution in [-0.4, -0.2) is 23.0 Å². The van der Waals surface area contributed by atoms with Gasteiger partial charge in [-0.25, -0.2) is 0 Å². The second-order valence-electron chi connectivity index (χ2n) is 6.49. The smallest absolute Gasteiger partial charge is 0.00391 e. The third-order valence-corrected chi connectivity index (χ3v) is 7.12. The van der Waals surface area contributed by atoms with Crippen LogP contribution in [0.25, 0.3) is 0 Å². The maximum Gasteiger partial charge on any atom is -0.00391 e. The minimum Gasteiger partial charge on any atom is -0.162 e. The number of hydrogen-bond donors (Lipinski definition) is 0. The first kappa shape index (κ1) is 15.1. The summed E-state index contributed by atoms with van der Waals surface area (Å²) in [6.07, 6.45) is 8.92. The Morgan fingerprint density at radius 1 is 0.778 bits per heavy atom. The first-order valence-electron chi connectivity index (χ1n) is 7.93. The van der Waals surface area contributed by atoms with E-state index in [9.17, 15) is 0 Å². The molecule has 0 N–H and O–H groups in total. The molecule has 2 unspecified atom stereocenters. The molecule has 106 valence electrons. The second-order valence-corrected chi connectivity index (χ2v) is 8.79. The predicted octanol–water partition coefficient (Wildman–Crippen LogP) is 5.33. The third kappa shape index (κ3) is 6.23. The Labute approximate surface area is 122 Å². The first-order chi connectivity index (χ1) is 8.77. The Bertz CT molecular complexity index is 197. The van der Waals surface area contributed by atoms with Gasteiger partial charge in [0.1, 0.15) is 0 Å². The van der Waals surface area contributed by atoms with Gasteiger partial charge in [-0.15, -0.1) is 0 Å². The van der Waals surface area contributed by atoms with E-state index in [-0.39, 0.29) is 0 Å². The Kier molecular flexibility index (Phi) is 6.79. The number of hydrogen-bond acceptors (Lipinski definition) is 2. The molecule has 2 atom stereocenters. The lowest BCUT2D eigenvalue weighted by molar-refractivity contribution is 0.573. The van der Waals surface area contributed by atoms with Gasteiger partial charge >= 0.3 is 0 Å². The van der Waals surface area contributed by atoms with Crippen LogP contribution in [0.3, 0.4) is 0 Å². The van der Waals surface area contributed by atoms with Gasteiger partial charge in [0.2, 0.25) is 0 Å². The van der Waals surface area contributed by atoms with Crippen molar-refractivity contribution in [2.45, 2.75) is 52.4 Å². The molecule has 0 spiro atoms. The molecule has 0 saturated heterocycles. The molecule has 0 heterocycles. The van der Waals surface area contributed by atoms with Gasteiger partial charge in [-0.05, 0) is 85.2 Å². The van der Waals surface area contributed by atoms with Crippen molar-refractivity contribution in [3.8, 4) is 0 Å². The molecule has 0 aromatic rings. The van der Waals surface area contributed by atoms with E-state index in [0.29, 0.717) is 0 Å². The topological polar surface area (TPSA) is 0 Å². The Balaban J connectivity index is 1.30. The highest BCUT2D eigenvalue weighted by Gasteiger charge is 2.28. The van der Waals surface area contributed by atoms with Crippen LogP contribution in [0.2, 0.25) is 0 Å². The number of rotatable bonds is 11. The number of unbranched alkanes of at least 4 members (excludes halogenated alkanes) is 1. The van der Waals surface area contributed by atoms with Crippen LogP contribution in [0.1, 0.15) is 52.4 Å². The zero-order valence-electron chi connectivity index (χ0n) is 12.2. The molecular weight excluding hydrogens is 256 g/mol. The minimum absolute atomic E-state index is 0.990. The summed E-state index contributed by atoms with van der Waals surface area (Å²) in [5.41, 5.74) is 0. The Morgan fingerprint density at radius 2 is 1.17 bits per heavy atom. The van der Waals surface area contributed by atoms with Crippen LogP contribution in [-0.2, 0) is 0 Å². The van der Waals surface area contributed by atoms with Crippen LogP contribution >= 0.6 is 23.5 Å². The summed E-state index contributed by atoms with van der Waals surface area (Å²) in [5.74, 6) is 9.79. The standard InChI is InChI=1S/C16H30S2/c1-13(15-5-6-15)11-17-9-3-4-10-18-12-14(2)16-7-8-16/h13-16H,3-12H2,1-2H3. The van der Waals surface area contributed by atoms with Crippen LogP contribution in [0, 0.1) is 23.7 Å². The average Bonchev–Trinajstić information content (AvgIpc) is 3.21. The van der Waals surface area contributed by atoms with Gasteiger partial charge in [0.25, 0.3) is 0 Å². The van der Waals surface area contributed by atoms with E-state index in [1.165, 1.54) is 61.5 Å². The lowest BCUT2D eigenvalue weighted by atomic mass is 10.1. The summed E-state index contributed by atoms with van der Waals surface area (Å²) in [6.45, 7) is 4.89. The second kappa shape index (κ2) is 8.09. The van der Waals surface area contributed by atoms with E-state index in [2.05, 4.69) is 37.4 Å². The molecular formula is C16H30S2. The van der Waals surface area contributed by atoms with Crippen molar-refractivity contribution in [2.24, 2.45) is 23.7 Å². The normalized spacial score (nSPS) is 23.0. The SMILES string of the molecule is CC(CSCCCCSCC(C)C1CC1)C1CC1. The third-order valence-electron chi connectivity index (χ3n) is 4.44. The van der Waals surface area contributed by atoms with Crippen molar-refractivity contribution in [1.29, 1.82) is 0 Å². The molecule has 0 aromatic carbocycles. The molecule has 2 aliphatic carbocycles. The van der Waals surface area contributed by atoms with Crippen LogP contribution < -0.4 is 0 Å².